The highest BCUT2D eigenvalue weighted by molar-refractivity contribution is 5.44. The molecule has 0 spiro atoms. The van der Waals surface area contributed by atoms with Gasteiger partial charge in [0.25, 0.3) is 5.88 Å². The minimum absolute atomic E-state index is 0.214. The van der Waals surface area contributed by atoms with E-state index in [4.69, 9.17) is 10.5 Å². The zero-order chi connectivity index (χ0) is 14.8. The van der Waals surface area contributed by atoms with E-state index in [2.05, 4.69) is 10.1 Å². The first-order valence-corrected chi connectivity index (χ1v) is 6.13. The Bertz CT molecular complexity index is 797. The topological polar surface area (TPSA) is 109 Å². The normalized spacial score (nSPS) is 10.7. The van der Waals surface area contributed by atoms with Crippen LogP contribution in [0.3, 0.4) is 0 Å². The van der Waals surface area contributed by atoms with Crippen LogP contribution >= 0.6 is 0 Å². The number of imidazole rings is 1. The molecule has 2 N–H and O–H groups in total. The van der Waals surface area contributed by atoms with E-state index in [-0.39, 0.29) is 11.7 Å². The van der Waals surface area contributed by atoms with Crippen molar-refractivity contribution >= 4 is 11.5 Å². The van der Waals surface area contributed by atoms with Crippen LogP contribution < -0.4 is 10.5 Å². The summed E-state index contributed by atoms with van der Waals surface area (Å²) in [6.45, 7) is 0.450. The molecule has 0 saturated heterocycles. The lowest BCUT2D eigenvalue weighted by Gasteiger charge is -2.04. The Kier molecular flexibility index (Phi) is 3.20. The Morgan fingerprint density at radius 2 is 2.00 bits per heavy atom. The van der Waals surface area contributed by atoms with Crippen LogP contribution in [0.1, 0.15) is 5.56 Å². The maximum Gasteiger partial charge on any atom is 0.368 e. The number of rotatable bonds is 4. The molecule has 106 valence electrons. The molecule has 0 fully saturated rings. The van der Waals surface area contributed by atoms with E-state index in [1.807, 2.05) is 12.1 Å². The molecule has 8 nitrogen and oxygen atoms in total. The summed E-state index contributed by atoms with van der Waals surface area (Å²) in [5.41, 5.74) is 6.88. The smallest absolute Gasteiger partial charge is 0.368 e. The lowest BCUT2D eigenvalue weighted by molar-refractivity contribution is -0.391. The SMILES string of the molecule is NCc1ccc(Oc2ccc3ncc([N+](=O)[O-])n3n2)cc1. The lowest BCUT2D eigenvalue weighted by atomic mass is 10.2. The molecule has 2 heterocycles. The number of fused-ring (bicyclic) bond motifs is 1. The van der Waals surface area contributed by atoms with Gasteiger partial charge >= 0.3 is 5.82 Å². The van der Waals surface area contributed by atoms with E-state index in [0.29, 0.717) is 17.9 Å². The Morgan fingerprint density at radius 3 is 2.67 bits per heavy atom. The number of aromatic nitrogens is 3. The summed E-state index contributed by atoms with van der Waals surface area (Å²) in [5, 5.41) is 14.9. The molecule has 0 saturated carbocycles. The molecule has 3 rings (SSSR count). The van der Waals surface area contributed by atoms with Gasteiger partial charge in [-0.3, -0.25) is 0 Å². The average molecular weight is 285 g/mol. The van der Waals surface area contributed by atoms with Gasteiger partial charge in [0, 0.05) is 18.7 Å². The molecular formula is C13H11N5O3. The molecule has 3 aromatic rings. The lowest BCUT2D eigenvalue weighted by Crippen LogP contribution is -2.00. The Hall–Kier alpha value is -3.00. The molecule has 0 radical (unpaired) electrons. The van der Waals surface area contributed by atoms with Crippen molar-refractivity contribution in [3.05, 3.63) is 58.3 Å². The highest BCUT2D eigenvalue weighted by Gasteiger charge is 2.16. The fourth-order valence-corrected chi connectivity index (χ4v) is 1.84. The highest BCUT2D eigenvalue weighted by Crippen LogP contribution is 2.21. The van der Waals surface area contributed by atoms with Gasteiger partial charge in [-0.25, -0.2) is 4.98 Å². The molecule has 0 amide bonds. The van der Waals surface area contributed by atoms with Crippen molar-refractivity contribution in [3.8, 4) is 11.6 Å². The molecule has 2 aromatic heterocycles. The van der Waals surface area contributed by atoms with Gasteiger partial charge in [-0.2, -0.15) is 0 Å². The summed E-state index contributed by atoms with van der Waals surface area (Å²) in [7, 11) is 0. The molecular weight excluding hydrogens is 274 g/mol. The maximum atomic E-state index is 10.9. The molecule has 21 heavy (non-hydrogen) atoms. The van der Waals surface area contributed by atoms with Crippen LogP contribution in [-0.4, -0.2) is 19.5 Å². The molecule has 1 aromatic carbocycles. The molecule has 0 aliphatic heterocycles. The third-order valence-electron chi connectivity index (χ3n) is 2.89. The summed E-state index contributed by atoms with van der Waals surface area (Å²) in [4.78, 5) is 14.2. The van der Waals surface area contributed by atoms with Crippen molar-refractivity contribution in [2.75, 3.05) is 0 Å². The molecule has 0 atom stereocenters. The number of hydrogen-bond donors (Lipinski definition) is 1. The second kappa shape index (κ2) is 5.17. The van der Waals surface area contributed by atoms with Gasteiger partial charge in [0.2, 0.25) is 5.65 Å². The predicted molar refractivity (Wildman–Crippen MR) is 74.0 cm³/mol. The van der Waals surface area contributed by atoms with Crippen molar-refractivity contribution < 1.29 is 9.66 Å². The summed E-state index contributed by atoms with van der Waals surface area (Å²) in [6.07, 6.45) is 1.15. The first kappa shape index (κ1) is 13.0. The first-order valence-electron chi connectivity index (χ1n) is 6.13. The number of nitro groups is 1. The van der Waals surface area contributed by atoms with Crippen molar-refractivity contribution in [1.82, 2.24) is 14.6 Å². The zero-order valence-electron chi connectivity index (χ0n) is 10.8. The molecule has 8 heteroatoms. The second-order valence-corrected chi connectivity index (χ2v) is 4.27. The minimum Gasteiger partial charge on any atom is -0.436 e. The summed E-state index contributed by atoms with van der Waals surface area (Å²) < 4.78 is 6.70. The Morgan fingerprint density at radius 1 is 1.24 bits per heavy atom. The standard InChI is InChI=1S/C13H11N5O3/c14-7-9-1-3-10(4-2-9)21-12-6-5-11-15-8-13(18(19)20)17(11)16-12/h1-6,8H,7,14H2. The number of benzene rings is 1. The van der Waals surface area contributed by atoms with E-state index in [1.54, 1.807) is 24.3 Å². The number of nitrogens with zero attached hydrogens (tertiary/aromatic N) is 4. The van der Waals surface area contributed by atoms with Gasteiger partial charge in [-0.05, 0) is 27.7 Å². The minimum atomic E-state index is -0.549. The molecule has 0 aliphatic carbocycles. The van der Waals surface area contributed by atoms with Crippen molar-refractivity contribution in [3.63, 3.8) is 0 Å². The van der Waals surface area contributed by atoms with Crippen LogP contribution in [0.4, 0.5) is 5.82 Å². The van der Waals surface area contributed by atoms with E-state index in [0.717, 1.165) is 16.3 Å². The third kappa shape index (κ3) is 2.51. The molecule has 0 bridgehead atoms. The van der Waals surface area contributed by atoms with Gasteiger partial charge < -0.3 is 20.6 Å². The fourth-order valence-electron chi connectivity index (χ4n) is 1.84. The van der Waals surface area contributed by atoms with Gasteiger partial charge in [0.15, 0.2) is 0 Å². The van der Waals surface area contributed by atoms with Crippen molar-refractivity contribution in [1.29, 1.82) is 0 Å². The summed E-state index contributed by atoms with van der Waals surface area (Å²) in [6, 6.07) is 10.4. The third-order valence-corrected chi connectivity index (χ3v) is 2.89. The van der Waals surface area contributed by atoms with Gasteiger partial charge in [-0.15, -0.1) is 0 Å². The molecule has 0 aliphatic rings. The molecule has 0 unspecified atom stereocenters. The Labute approximate surface area is 118 Å². The maximum absolute atomic E-state index is 10.9. The van der Waals surface area contributed by atoms with E-state index >= 15 is 0 Å². The van der Waals surface area contributed by atoms with E-state index in [1.165, 1.54) is 0 Å². The average Bonchev–Trinajstić information content (AvgIpc) is 2.91. The number of nitrogens with two attached hydrogens (primary N) is 1. The number of hydrogen-bond acceptors (Lipinski definition) is 6. The van der Waals surface area contributed by atoms with Gasteiger partial charge in [0.1, 0.15) is 11.9 Å². The number of ether oxygens (including phenoxy) is 1. The van der Waals surface area contributed by atoms with Crippen molar-refractivity contribution in [2.45, 2.75) is 6.54 Å². The van der Waals surface area contributed by atoms with E-state index in [9.17, 15) is 10.1 Å². The quantitative estimate of drug-likeness (QED) is 0.579. The van der Waals surface area contributed by atoms with Crippen molar-refractivity contribution in [2.24, 2.45) is 5.73 Å². The summed E-state index contributed by atoms with van der Waals surface area (Å²) >= 11 is 0. The van der Waals surface area contributed by atoms with E-state index < -0.39 is 4.92 Å². The van der Waals surface area contributed by atoms with Crippen LogP contribution in [0.5, 0.6) is 11.6 Å². The van der Waals surface area contributed by atoms with Crippen LogP contribution in [-0.2, 0) is 6.54 Å². The predicted octanol–water partition coefficient (Wildman–Crippen LogP) is 1.89. The Balaban J connectivity index is 1.92. The fraction of sp³-hybridized carbons (Fsp3) is 0.0769. The van der Waals surface area contributed by atoms with Crippen LogP contribution in [0.15, 0.2) is 42.6 Å². The monoisotopic (exact) mass is 285 g/mol. The second-order valence-electron chi connectivity index (χ2n) is 4.27. The van der Waals surface area contributed by atoms with Gasteiger partial charge in [0.05, 0.1) is 0 Å². The van der Waals surface area contributed by atoms with Crippen LogP contribution in [0.2, 0.25) is 0 Å². The van der Waals surface area contributed by atoms with Gasteiger partial charge in [-0.1, -0.05) is 16.6 Å². The summed E-state index contributed by atoms with van der Waals surface area (Å²) in [5.74, 6) is 0.597. The highest BCUT2D eigenvalue weighted by atomic mass is 16.6. The largest absolute Gasteiger partial charge is 0.436 e. The zero-order valence-corrected chi connectivity index (χ0v) is 10.8. The van der Waals surface area contributed by atoms with Crippen LogP contribution in [0.25, 0.3) is 5.65 Å². The van der Waals surface area contributed by atoms with Crippen LogP contribution in [0, 0.1) is 10.1 Å². The first-order chi connectivity index (χ1) is 10.2.